The molecule has 0 radical (unpaired) electrons. The summed E-state index contributed by atoms with van der Waals surface area (Å²) in [5.41, 5.74) is -1.23. The van der Waals surface area contributed by atoms with Crippen molar-refractivity contribution in [2.45, 2.75) is 12.1 Å². The fourth-order valence-corrected chi connectivity index (χ4v) is 2.52. The zero-order chi connectivity index (χ0) is 14.4. The maximum absolute atomic E-state index is 13.3. The van der Waals surface area contributed by atoms with Crippen LogP contribution in [0.3, 0.4) is 0 Å². The molecule has 0 aliphatic heterocycles. The summed E-state index contributed by atoms with van der Waals surface area (Å²) in [5, 5.41) is 8.34. The summed E-state index contributed by atoms with van der Waals surface area (Å²) in [6.45, 7) is 0. The van der Waals surface area contributed by atoms with E-state index in [9.17, 15) is 26.7 Å². The molecule has 0 amide bonds. The Hall–Kier alpha value is -1.70. The van der Waals surface area contributed by atoms with Crippen LogP contribution in [0.1, 0.15) is 15.2 Å². The molecule has 0 fully saturated rings. The summed E-state index contributed by atoms with van der Waals surface area (Å²) in [4.78, 5) is 10.4. The fraction of sp³-hybridized carbons (Fsp3) is 0.182. The first-order chi connectivity index (χ1) is 8.64. The first-order valence-electron chi connectivity index (χ1n) is 4.85. The monoisotopic (exact) mass is 296 g/mol. The molecule has 1 heterocycles. The highest BCUT2D eigenvalue weighted by Gasteiger charge is 2.59. The van der Waals surface area contributed by atoms with Gasteiger partial charge in [-0.15, -0.1) is 11.3 Å². The largest absolute Gasteiger partial charge is 0.477 e. The molecule has 8 heteroatoms. The van der Waals surface area contributed by atoms with Crippen LogP contribution in [0.15, 0.2) is 24.3 Å². The number of alkyl halides is 5. The quantitative estimate of drug-likeness (QED) is 0.841. The Bertz CT molecular complexity index is 644. The lowest BCUT2D eigenvalue weighted by Crippen LogP contribution is -2.33. The van der Waals surface area contributed by atoms with Gasteiger partial charge in [-0.05, 0) is 12.1 Å². The summed E-state index contributed by atoms with van der Waals surface area (Å²) < 4.78 is 63.8. The number of thiophene rings is 1. The predicted molar refractivity (Wildman–Crippen MR) is 58.7 cm³/mol. The average molecular weight is 296 g/mol. The Morgan fingerprint density at radius 2 is 1.79 bits per heavy atom. The molecule has 2 rings (SSSR count). The summed E-state index contributed by atoms with van der Waals surface area (Å²) >= 11 is 0.646. The smallest absolute Gasteiger partial charge is 0.458 e. The van der Waals surface area contributed by atoms with Crippen LogP contribution in [0, 0.1) is 0 Å². The van der Waals surface area contributed by atoms with Crippen molar-refractivity contribution in [2.24, 2.45) is 0 Å². The molecular formula is C11H5F5O2S. The lowest BCUT2D eigenvalue weighted by molar-refractivity contribution is -0.288. The predicted octanol–water partition coefficient (Wildman–Crippen LogP) is 4.25. The van der Waals surface area contributed by atoms with Gasteiger partial charge < -0.3 is 5.11 Å². The van der Waals surface area contributed by atoms with Crippen molar-refractivity contribution in [3.63, 3.8) is 0 Å². The Morgan fingerprint density at radius 1 is 1.16 bits per heavy atom. The van der Waals surface area contributed by atoms with Crippen molar-refractivity contribution in [3.8, 4) is 0 Å². The molecule has 0 atom stereocenters. The van der Waals surface area contributed by atoms with Crippen LogP contribution >= 0.6 is 11.3 Å². The van der Waals surface area contributed by atoms with Crippen molar-refractivity contribution < 1.29 is 31.9 Å². The molecule has 2 aromatic rings. The molecular weight excluding hydrogens is 291 g/mol. The number of hydrogen-bond donors (Lipinski definition) is 1. The number of fused-ring (bicyclic) bond motifs is 1. The van der Waals surface area contributed by atoms with Gasteiger partial charge in [0.25, 0.3) is 0 Å². The molecule has 0 unspecified atom stereocenters. The van der Waals surface area contributed by atoms with E-state index in [1.54, 1.807) is 0 Å². The van der Waals surface area contributed by atoms with Gasteiger partial charge in [-0.3, -0.25) is 0 Å². The molecule has 2 nitrogen and oxygen atoms in total. The van der Waals surface area contributed by atoms with Gasteiger partial charge >= 0.3 is 18.1 Å². The number of benzene rings is 1. The average Bonchev–Trinajstić information content (AvgIpc) is 2.70. The Labute approximate surface area is 107 Å². The minimum Gasteiger partial charge on any atom is -0.477 e. The van der Waals surface area contributed by atoms with Gasteiger partial charge in [0.05, 0.1) is 0 Å². The van der Waals surface area contributed by atoms with E-state index in [0.29, 0.717) is 17.4 Å². The molecule has 0 aliphatic rings. The molecule has 1 N–H and O–H groups in total. The Morgan fingerprint density at radius 3 is 2.32 bits per heavy atom. The van der Waals surface area contributed by atoms with Gasteiger partial charge in [-0.25, -0.2) is 4.79 Å². The molecule has 0 aliphatic carbocycles. The van der Waals surface area contributed by atoms with Gasteiger partial charge in [0.2, 0.25) is 0 Å². The summed E-state index contributed by atoms with van der Waals surface area (Å²) in [6, 6.07) is 3.81. The summed E-state index contributed by atoms with van der Waals surface area (Å²) in [6.07, 6.45) is -5.73. The van der Waals surface area contributed by atoms with Crippen molar-refractivity contribution in [2.75, 3.05) is 0 Å². The second kappa shape index (κ2) is 4.16. The van der Waals surface area contributed by atoms with Crippen LogP contribution < -0.4 is 0 Å². The number of carboxylic acids is 1. The van der Waals surface area contributed by atoms with Crippen LogP contribution in [0.25, 0.3) is 10.1 Å². The third kappa shape index (κ3) is 2.16. The van der Waals surface area contributed by atoms with Gasteiger partial charge in [0.1, 0.15) is 4.88 Å². The maximum atomic E-state index is 13.3. The molecule has 0 spiro atoms. The summed E-state index contributed by atoms with van der Waals surface area (Å²) in [5.74, 6) is -6.40. The van der Waals surface area contributed by atoms with E-state index in [0.717, 1.165) is 12.1 Å². The van der Waals surface area contributed by atoms with Crippen LogP contribution in [-0.4, -0.2) is 17.3 Å². The zero-order valence-electron chi connectivity index (χ0n) is 8.96. The van der Waals surface area contributed by atoms with Gasteiger partial charge in [-0.2, -0.15) is 22.0 Å². The van der Waals surface area contributed by atoms with Crippen LogP contribution in [-0.2, 0) is 5.92 Å². The molecule has 0 saturated heterocycles. The Balaban J connectivity index is 2.71. The van der Waals surface area contributed by atoms with E-state index < -0.39 is 29.0 Å². The molecule has 0 bridgehead atoms. The van der Waals surface area contributed by atoms with Gasteiger partial charge in [0, 0.05) is 15.6 Å². The standard InChI is InChI=1S/C11H5F5O2S/c12-10(13,11(14,15)16)6-2-1-3-7-5(6)4-8(19-7)9(17)18/h1-4H,(H,17,18). The first-order valence-corrected chi connectivity index (χ1v) is 5.67. The second-order valence-corrected chi connectivity index (χ2v) is 4.79. The molecule has 1 aromatic heterocycles. The van der Waals surface area contributed by atoms with Gasteiger partial charge in [0.15, 0.2) is 0 Å². The minimum absolute atomic E-state index is 0.0684. The van der Waals surface area contributed by atoms with Crippen molar-refractivity contribution in [3.05, 3.63) is 34.7 Å². The van der Waals surface area contributed by atoms with Crippen molar-refractivity contribution in [1.29, 1.82) is 0 Å². The number of carboxylic acid groups (broad SMARTS) is 1. The van der Waals surface area contributed by atoms with Gasteiger partial charge in [-0.1, -0.05) is 12.1 Å². The van der Waals surface area contributed by atoms with Crippen LogP contribution in [0.4, 0.5) is 22.0 Å². The maximum Gasteiger partial charge on any atom is 0.458 e. The van der Waals surface area contributed by atoms with Crippen molar-refractivity contribution in [1.82, 2.24) is 0 Å². The number of rotatable bonds is 2. The highest BCUT2D eigenvalue weighted by atomic mass is 32.1. The van der Waals surface area contributed by atoms with E-state index in [4.69, 9.17) is 5.11 Å². The number of hydrogen-bond acceptors (Lipinski definition) is 2. The molecule has 1 aromatic carbocycles. The SMILES string of the molecule is O=C(O)c1cc2c(C(F)(F)C(F)(F)F)cccc2s1. The summed E-state index contributed by atoms with van der Waals surface area (Å²) in [7, 11) is 0. The van der Waals surface area contributed by atoms with Crippen LogP contribution in [0.2, 0.25) is 0 Å². The zero-order valence-corrected chi connectivity index (χ0v) is 9.78. The van der Waals surface area contributed by atoms with E-state index in [1.165, 1.54) is 6.07 Å². The normalized spacial score (nSPS) is 12.9. The van der Waals surface area contributed by atoms with E-state index in [-0.39, 0.29) is 9.58 Å². The third-order valence-electron chi connectivity index (χ3n) is 2.47. The van der Waals surface area contributed by atoms with Crippen molar-refractivity contribution >= 4 is 27.4 Å². The van der Waals surface area contributed by atoms with E-state index in [2.05, 4.69) is 0 Å². The highest BCUT2D eigenvalue weighted by Crippen LogP contribution is 2.47. The number of carbonyl (C=O) groups is 1. The Kier molecular flexibility index (Phi) is 3.00. The second-order valence-electron chi connectivity index (χ2n) is 3.71. The number of aromatic carboxylic acids is 1. The minimum atomic E-state index is -5.73. The molecule has 0 saturated carbocycles. The number of halogens is 5. The molecule has 19 heavy (non-hydrogen) atoms. The molecule has 102 valence electrons. The van der Waals surface area contributed by atoms with Crippen LogP contribution in [0.5, 0.6) is 0 Å². The topological polar surface area (TPSA) is 37.3 Å². The lowest BCUT2D eigenvalue weighted by Gasteiger charge is -2.20. The van der Waals surface area contributed by atoms with E-state index >= 15 is 0 Å². The lowest BCUT2D eigenvalue weighted by atomic mass is 10.0. The highest BCUT2D eigenvalue weighted by molar-refractivity contribution is 7.20. The third-order valence-corrected chi connectivity index (χ3v) is 3.55. The first kappa shape index (κ1) is 13.7. The fourth-order valence-electron chi connectivity index (χ4n) is 1.59. The van der Waals surface area contributed by atoms with E-state index in [1.807, 2.05) is 0 Å².